The van der Waals surface area contributed by atoms with Gasteiger partial charge < -0.3 is 5.11 Å². The summed E-state index contributed by atoms with van der Waals surface area (Å²) in [5.41, 5.74) is 5.72. The Morgan fingerprint density at radius 1 is 1.24 bits per heavy atom. The van der Waals surface area contributed by atoms with E-state index >= 15 is 0 Å². The van der Waals surface area contributed by atoms with Gasteiger partial charge in [0.25, 0.3) is 0 Å². The van der Waals surface area contributed by atoms with Crippen molar-refractivity contribution in [1.29, 1.82) is 0 Å². The smallest absolute Gasteiger partial charge is 0.0580 e. The summed E-state index contributed by atoms with van der Waals surface area (Å²) in [7, 11) is 0. The molecule has 0 spiro atoms. The summed E-state index contributed by atoms with van der Waals surface area (Å²) in [6.45, 7) is 4.90. The molecule has 4 aliphatic rings. The lowest BCUT2D eigenvalue weighted by molar-refractivity contribution is 0.0482. The molecule has 1 heteroatoms. The number of rotatable bonds is 1. The van der Waals surface area contributed by atoms with E-state index < -0.39 is 0 Å². The van der Waals surface area contributed by atoms with Crippen molar-refractivity contribution < 1.29 is 5.11 Å². The Bertz CT molecular complexity index is 500. The van der Waals surface area contributed by atoms with Crippen LogP contribution in [-0.2, 0) is 0 Å². The Labute approximate surface area is 129 Å². The summed E-state index contributed by atoms with van der Waals surface area (Å²) in [4.78, 5) is 0. The van der Waals surface area contributed by atoms with Crippen LogP contribution < -0.4 is 0 Å². The molecule has 0 aromatic rings. The van der Waals surface area contributed by atoms with Crippen LogP contribution in [0.5, 0.6) is 0 Å². The molecule has 1 nitrogen and oxygen atoms in total. The third-order valence-corrected chi connectivity index (χ3v) is 7.47. The first kappa shape index (κ1) is 14.1. The minimum atomic E-state index is -0.0472. The number of hydrogen-bond acceptors (Lipinski definition) is 1. The highest BCUT2D eigenvalue weighted by Gasteiger charge is 2.51. The minimum absolute atomic E-state index is 0.0472. The summed E-state index contributed by atoms with van der Waals surface area (Å²) < 4.78 is 0. The zero-order chi connectivity index (χ0) is 14.6. The van der Waals surface area contributed by atoms with Gasteiger partial charge in [-0.1, -0.05) is 36.6 Å². The molecule has 0 aromatic carbocycles. The lowest BCUT2D eigenvalue weighted by Gasteiger charge is -2.52. The molecule has 0 aliphatic heterocycles. The first-order chi connectivity index (χ1) is 10.1. The molecular formula is C20H30O. The second kappa shape index (κ2) is 4.98. The Morgan fingerprint density at radius 2 is 2.10 bits per heavy atom. The van der Waals surface area contributed by atoms with Gasteiger partial charge in [-0.2, -0.15) is 0 Å². The van der Waals surface area contributed by atoms with Crippen LogP contribution in [-0.4, -0.2) is 11.2 Å². The molecule has 1 fully saturated rings. The highest BCUT2D eigenvalue weighted by atomic mass is 16.3. The molecular weight excluding hydrogens is 256 g/mol. The molecule has 0 heterocycles. The van der Waals surface area contributed by atoms with Crippen LogP contribution in [0.15, 0.2) is 22.8 Å². The fourth-order valence-electron chi connectivity index (χ4n) is 6.39. The van der Waals surface area contributed by atoms with E-state index in [9.17, 15) is 5.11 Å². The fraction of sp³-hybridized carbons (Fsp3) is 0.800. The Kier molecular flexibility index (Phi) is 3.33. The van der Waals surface area contributed by atoms with E-state index in [-0.39, 0.29) is 6.10 Å². The summed E-state index contributed by atoms with van der Waals surface area (Å²) in [5.74, 6) is 2.70. The van der Waals surface area contributed by atoms with Gasteiger partial charge in [0.1, 0.15) is 0 Å². The van der Waals surface area contributed by atoms with Crippen molar-refractivity contribution in [3.63, 3.8) is 0 Å². The van der Waals surface area contributed by atoms with E-state index in [2.05, 4.69) is 19.9 Å². The van der Waals surface area contributed by atoms with Gasteiger partial charge in [-0.25, -0.2) is 0 Å². The van der Waals surface area contributed by atoms with Gasteiger partial charge in [0.05, 0.1) is 6.10 Å². The van der Waals surface area contributed by atoms with Crippen LogP contribution in [0.1, 0.15) is 71.6 Å². The predicted octanol–water partition coefficient (Wildman–Crippen LogP) is 5.01. The van der Waals surface area contributed by atoms with Crippen LogP contribution >= 0.6 is 0 Å². The van der Waals surface area contributed by atoms with Crippen molar-refractivity contribution in [3.05, 3.63) is 22.8 Å². The fourth-order valence-corrected chi connectivity index (χ4v) is 6.39. The third kappa shape index (κ3) is 2.00. The van der Waals surface area contributed by atoms with Gasteiger partial charge in [0.2, 0.25) is 0 Å². The minimum Gasteiger partial charge on any atom is -0.393 e. The normalized spacial score (nSPS) is 45.8. The first-order valence-electron chi connectivity index (χ1n) is 9.22. The van der Waals surface area contributed by atoms with Gasteiger partial charge in [0.15, 0.2) is 0 Å². The second-order valence-electron chi connectivity index (χ2n) is 8.22. The summed E-state index contributed by atoms with van der Waals surface area (Å²) in [6.07, 6.45) is 13.8. The van der Waals surface area contributed by atoms with Gasteiger partial charge in [-0.3, -0.25) is 0 Å². The summed E-state index contributed by atoms with van der Waals surface area (Å²) >= 11 is 0. The van der Waals surface area contributed by atoms with E-state index in [1.165, 1.54) is 44.9 Å². The average molecular weight is 286 g/mol. The van der Waals surface area contributed by atoms with Crippen LogP contribution in [0.2, 0.25) is 0 Å². The molecule has 0 aromatic heterocycles. The topological polar surface area (TPSA) is 20.2 Å². The van der Waals surface area contributed by atoms with Gasteiger partial charge in [-0.15, -0.1) is 0 Å². The highest BCUT2D eigenvalue weighted by Crippen LogP contribution is 2.61. The SMILES string of the molecule is CCC1=CCC2C3CCC4=C(CCC(O)C4)C3CCC12C. The molecule has 0 amide bonds. The van der Waals surface area contributed by atoms with Crippen LogP contribution in [0, 0.1) is 23.2 Å². The summed E-state index contributed by atoms with van der Waals surface area (Å²) in [5, 5.41) is 9.96. The number of fused-ring (bicyclic) bond motifs is 4. The number of allylic oxidation sites excluding steroid dienone is 3. The standard InChI is InChI=1S/C20H30O/c1-3-14-5-9-19-18-7-4-13-12-15(21)6-8-16(13)17(18)10-11-20(14,19)2/h5,15,17-19,21H,3-4,6-12H2,1-2H3. The van der Waals surface area contributed by atoms with E-state index in [1.54, 1.807) is 16.7 Å². The Morgan fingerprint density at radius 3 is 2.90 bits per heavy atom. The molecule has 4 aliphatic carbocycles. The van der Waals surface area contributed by atoms with Gasteiger partial charge in [-0.05, 0) is 81.0 Å². The van der Waals surface area contributed by atoms with Crippen molar-refractivity contribution in [2.75, 3.05) is 0 Å². The molecule has 4 rings (SSSR count). The van der Waals surface area contributed by atoms with Crippen molar-refractivity contribution in [3.8, 4) is 0 Å². The van der Waals surface area contributed by atoms with Crippen LogP contribution in [0.25, 0.3) is 0 Å². The van der Waals surface area contributed by atoms with E-state index in [1.807, 2.05) is 0 Å². The maximum Gasteiger partial charge on any atom is 0.0580 e. The average Bonchev–Trinajstić information content (AvgIpc) is 2.83. The van der Waals surface area contributed by atoms with Gasteiger partial charge >= 0.3 is 0 Å². The van der Waals surface area contributed by atoms with Crippen LogP contribution in [0.4, 0.5) is 0 Å². The zero-order valence-corrected chi connectivity index (χ0v) is 13.7. The largest absolute Gasteiger partial charge is 0.393 e. The number of aliphatic hydroxyl groups excluding tert-OH is 1. The van der Waals surface area contributed by atoms with Crippen molar-refractivity contribution >= 4 is 0 Å². The number of aliphatic hydroxyl groups is 1. The predicted molar refractivity (Wildman–Crippen MR) is 86.9 cm³/mol. The van der Waals surface area contributed by atoms with E-state index in [0.29, 0.717) is 5.41 Å². The maximum absolute atomic E-state index is 9.96. The Balaban J connectivity index is 1.62. The quantitative estimate of drug-likeness (QED) is 0.672. The zero-order valence-electron chi connectivity index (χ0n) is 13.7. The summed E-state index contributed by atoms with van der Waals surface area (Å²) in [6, 6.07) is 0. The van der Waals surface area contributed by atoms with Gasteiger partial charge in [0, 0.05) is 0 Å². The molecule has 5 atom stereocenters. The molecule has 0 radical (unpaired) electrons. The monoisotopic (exact) mass is 286 g/mol. The van der Waals surface area contributed by atoms with Crippen molar-refractivity contribution in [2.45, 2.75) is 77.7 Å². The highest BCUT2D eigenvalue weighted by molar-refractivity contribution is 5.31. The van der Waals surface area contributed by atoms with Crippen molar-refractivity contribution in [1.82, 2.24) is 0 Å². The molecule has 1 N–H and O–H groups in total. The molecule has 21 heavy (non-hydrogen) atoms. The lowest BCUT2D eigenvalue weighted by Crippen LogP contribution is -2.43. The Hall–Kier alpha value is -0.560. The molecule has 116 valence electrons. The first-order valence-corrected chi connectivity index (χ1v) is 9.22. The van der Waals surface area contributed by atoms with E-state index in [0.717, 1.165) is 30.6 Å². The van der Waals surface area contributed by atoms with Crippen molar-refractivity contribution in [2.24, 2.45) is 23.2 Å². The maximum atomic E-state index is 9.96. The van der Waals surface area contributed by atoms with Crippen LogP contribution in [0.3, 0.4) is 0 Å². The lowest BCUT2D eigenvalue weighted by atomic mass is 9.53. The third-order valence-electron chi connectivity index (χ3n) is 7.47. The number of hydrogen-bond donors (Lipinski definition) is 1. The molecule has 1 saturated carbocycles. The van der Waals surface area contributed by atoms with E-state index in [4.69, 9.17) is 0 Å². The molecule has 5 unspecified atom stereocenters. The second-order valence-corrected chi connectivity index (χ2v) is 8.22. The molecule has 0 bridgehead atoms. The molecule has 0 saturated heterocycles.